The van der Waals surface area contributed by atoms with Crippen LogP contribution < -0.4 is 39.0 Å². The van der Waals surface area contributed by atoms with Crippen molar-refractivity contribution < 1.29 is 56.8 Å². The number of ether oxygens (including phenoxy) is 2. The second-order valence-electron chi connectivity index (χ2n) is 3.61. The van der Waals surface area contributed by atoms with E-state index in [0.717, 1.165) is 0 Å². The Hall–Kier alpha value is -0.600. The number of hydrogen-bond acceptors (Lipinski definition) is 6. The summed E-state index contributed by atoms with van der Waals surface area (Å²) in [5.74, 6) is 0.431. The van der Waals surface area contributed by atoms with E-state index in [1.54, 1.807) is 12.1 Å². The van der Waals surface area contributed by atoms with Crippen molar-refractivity contribution in [1.82, 2.24) is 0 Å². The third kappa shape index (κ3) is 5.12. The Bertz CT molecular complexity index is 528. The van der Waals surface area contributed by atoms with Gasteiger partial charge < -0.3 is 14.0 Å². The molecular formula is C11H13NaO6S. The Balaban J connectivity index is 0.00000324. The van der Waals surface area contributed by atoms with Crippen LogP contribution in [0.3, 0.4) is 0 Å². The van der Waals surface area contributed by atoms with Crippen molar-refractivity contribution in [2.24, 2.45) is 0 Å². The van der Waals surface area contributed by atoms with Crippen LogP contribution in [0.4, 0.5) is 0 Å². The fourth-order valence-corrected chi connectivity index (χ4v) is 1.46. The van der Waals surface area contributed by atoms with Gasteiger partial charge in [0.2, 0.25) is 0 Å². The summed E-state index contributed by atoms with van der Waals surface area (Å²) in [5, 5.41) is -1.21. The molecule has 0 amide bonds. The molecule has 0 saturated heterocycles. The van der Waals surface area contributed by atoms with Gasteiger partial charge in [-0.1, -0.05) is 6.07 Å². The first kappa shape index (κ1) is 18.4. The largest absolute Gasteiger partial charge is 1.00 e. The molecule has 0 N–H and O–H groups in total. The molecule has 0 fully saturated rings. The van der Waals surface area contributed by atoms with E-state index in [4.69, 9.17) is 9.47 Å². The van der Waals surface area contributed by atoms with Crippen LogP contribution in [-0.4, -0.2) is 38.2 Å². The summed E-state index contributed by atoms with van der Waals surface area (Å²) < 4.78 is 42.4. The minimum Gasteiger partial charge on any atom is -0.748 e. The van der Waals surface area contributed by atoms with Gasteiger partial charge in [0.25, 0.3) is 0 Å². The molecule has 1 rings (SSSR count). The minimum atomic E-state index is -4.42. The molecule has 1 atom stereocenters. The summed E-state index contributed by atoms with van der Waals surface area (Å²) >= 11 is 0. The van der Waals surface area contributed by atoms with E-state index in [1.165, 1.54) is 20.1 Å². The number of benzene rings is 1. The van der Waals surface area contributed by atoms with E-state index in [-0.39, 0.29) is 47.5 Å². The predicted octanol–water partition coefficient (Wildman–Crippen LogP) is -2.18. The molecule has 100 valence electrons. The zero-order valence-corrected chi connectivity index (χ0v) is 13.8. The third-order valence-electron chi connectivity index (χ3n) is 2.31. The quantitative estimate of drug-likeness (QED) is 0.337. The number of carbonyl (C=O) groups excluding carboxylic acids is 1. The molecule has 1 unspecified atom stereocenters. The smallest absolute Gasteiger partial charge is 0.748 e. The molecule has 0 saturated carbocycles. The summed E-state index contributed by atoms with van der Waals surface area (Å²) in [7, 11) is -3.02. The van der Waals surface area contributed by atoms with E-state index in [2.05, 4.69) is 0 Å². The second kappa shape index (κ2) is 7.86. The molecule has 0 bridgehead atoms. The number of para-hydroxylation sites is 1. The van der Waals surface area contributed by atoms with Crippen LogP contribution in [-0.2, 0) is 10.1 Å². The first-order valence-corrected chi connectivity index (χ1v) is 6.57. The van der Waals surface area contributed by atoms with Gasteiger partial charge in [0.05, 0.1) is 17.9 Å². The molecule has 0 aliphatic carbocycles. The fraction of sp³-hybridized carbons (Fsp3) is 0.364. The minimum absolute atomic E-state index is 0. The number of hydrogen-bond donors (Lipinski definition) is 0. The first-order valence-electron chi connectivity index (χ1n) is 5.09. The maximum atomic E-state index is 10.8. The van der Waals surface area contributed by atoms with Gasteiger partial charge in [-0.2, -0.15) is 0 Å². The SMILES string of the molecule is COc1cccc(C=O)c1OCC(C)S(=O)(=O)[O-].[Na+]. The first-order chi connectivity index (χ1) is 8.40. The van der Waals surface area contributed by atoms with E-state index >= 15 is 0 Å². The summed E-state index contributed by atoms with van der Waals surface area (Å²) in [6.45, 7) is 0.894. The van der Waals surface area contributed by atoms with Crippen molar-refractivity contribution in [1.29, 1.82) is 0 Å². The molecule has 0 aliphatic rings. The Morgan fingerprint density at radius 3 is 2.53 bits per heavy atom. The van der Waals surface area contributed by atoms with Crippen molar-refractivity contribution in [2.75, 3.05) is 13.7 Å². The second-order valence-corrected chi connectivity index (χ2v) is 5.40. The van der Waals surface area contributed by atoms with Gasteiger partial charge in [0.1, 0.15) is 16.7 Å². The molecule has 1 aromatic carbocycles. The van der Waals surface area contributed by atoms with E-state index < -0.39 is 15.4 Å². The number of aldehydes is 1. The normalized spacial score (nSPS) is 12.2. The predicted molar refractivity (Wildman–Crippen MR) is 63.0 cm³/mol. The molecule has 0 heterocycles. The molecule has 6 nitrogen and oxygen atoms in total. The summed E-state index contributed by atoms with van der Waals surface area (Å²) in [6.07, 6.45) is 0.564. The Labute approximate surface area is 134 Å². The van der Waals surface area contributed by atoms with Gasteiger partial charge >= 0.3 is 29.6 Å². The Kier molecular flexibility index (Phi) is 7.61. The van der Waals surface area contributed by atoms with Gasteiger partial charge in [0, 0.05) is 0 Å². The van der Waals surface area contributed by atoms with Crippen molar-refractivity contribution in [3.05, 3.63) is 23.8 Å². The molecule has 8 heteroatoms. The standard InChI is InChI=1S/C11H14O6S.Na/c1-8(18(13,14)15)7-17-11-9(6-12)4-3-5-10(11)16-2;/h3-6,8H,7H2,1-2H3,(H,13,14,15);/q;+1/p-1. The average molecular weight is 296 g/mol. The summed E-state index contributed by atoms with van der Waals surface area (Å²) in [5.41, 5.74) is 0.227. The fourth-order valence-electron chi connectivity index (χ4n) is 1.22. The average Bonchev–Trinajstić information content (AvgIpc) is 2.34. The molecule has 19 heavy (non-hydrogen) atoms. The number of rotatable bonds is 6. The van der Waals surface area contributed by atoms with Crippen LogP contribution in [0.2, 0.25) is 0 Å². The van der Waals surface area contributed by atoms with Crippen molar-refractivity contribution in [3.63, 3.8) is 0 Å². The van der Waals surface area contributed by atoms with E-state index in [0.29, 0.717) is 12.0 Å². The molecule has 0 spiro atoms. The van der Waals surface area contributed by atoms with E-state index in [9.17, 15) is 17.8 Å². The van der Waals surface area contributed by atoms with E-state index in [1.807, 2.05) is 0 Å². The topological polar surface area (TPSA) is 92.7 Å². The number of methoxy groups -OCH3 is 1. The summed E-state index contributed by atoms with van der Waals surface area (Å²) in [4.78, 5) is 10.8. The van der Waals surface area contributed by atoms with Gasteiger partial charge in [-0.25, -0.2) is 8.42 Å². The maximum absolute atomic E-state index is 10.8. The van der Waals surface area contributed by atoms with Crippen molar-refractivity contribution in [2.45, 2.75) is 12.2 Å². The van der Waals surface area contributed by atoms with Crippen LogP contribution in [0, 0.1) is 0 Å². The number of carbonyl (C=O) groups is 1. The maximum Gasteiger partial charge on any atom is 1.00 e. The summed E-state index contributed by atoms with van der Waals surface area (Å²) in [6, 6.07) is 4.67. The molecule has 0 aliphatic heterocycles. The van der Waals surface area contributed by atoms with Crippen LogP contribution in [0.15, 0.2) is 18.2 Å². The Morgan fingerprint density at radius 1 is 1.42 bits per heavy atom. The molecule has 0 radical (unpaired) electrons. The molecular weight excluding hydrogens is 283 g/mol. The van der Waals surface area contributed by atoms with Gasteiger partial charge in [0.15, 0.2) is 17.8 Å². The molecule has 0 aromatic heterocycles. The monoisotopic (exact) mass is 296 g/mol. The third-order valence-corrected chi connectivity index (χ3v) is 3.43. The zero-order valence-electron chi connectivity index (χ0n) is 11.0. The van der Waals surface area contributed by atoms with Gasteiger partial charge in [-0.3, -0.25) is 4.79 Å². The van der Waals surface area contributed by atoms with Crippen molar-refractivity contribution in [3.8, 4) is 11.5 Å². The van der Waals surface area contributed by atoms with Crippen LogP contribution in [0.5, 0.6) is 11.5 Å². The molecule has 1 aromatic rings. The van der Waals surface area contributed by atoms with Crippen molar-refractivity contribution >= 4 is 16.4 Å². The van der Waals surface area contributed by atoms with Crippen LogP contribution in [0.25, 0.3) is 0 Å². The van der Waals surface area contributed by atoms with Gasteiger partial charge in [-0.05, 0) is 19.1 Å². The zero-order chi connectivity index (χ0) is 13.8. The van der Waals surface area contributed by atoms with Gasteiger partial charge in [-0.15, -0.1) is 0 Å². The van der Waals surface area contributed by atoms with Crippen LogP contribution >= 0.6 is 0 Å². The van der Waals surface area contributed by atoms with Crippen LogP contribution in [0.1, 0.15) is 17.3 Å². The Morgan fingerprint density at radius 2 is 2.05 bits per heavy atom.